The van der Waals surface area contributed by atoms with Gasteiger partial charge in [0.15, 0.2) is 5.96 Å². The quantitative estimate of drug-likeness (QED) is 0.671. The first kappa shape index (κ1) is 16.3. The van der Waals surface area contributed by atoms with Gasteiger partial charge >= 0.3 is 0 Å². The van der Waals surface area contributed by atoms with Crippen molar-refractivity contribution >= 4 is 5.96 Å². The molecule has 3 atom stereocenters. The molecule has 2 aliphatic rings. The van der Waals surface area contributed by atoms with Crippen LogP contribution < -0.4 is 5.32 Å². The highest BCUT2D eigenvalue weighted by atomic mass is 15.3. The molecule has 1 saturated heterocycles. The lowest BCUT2D eigenvalue weighted by molar-refractivity contribution is 0.299. The summed E-state index contributed by atoms with van der Waals surface area (Å²) in [6.07, 6.45) is 9.53. The van der Waals surface area contributed by atoms with Crippen molar-refractivity contribution in [2.45, 2.75) is 46.1 Å². The Kier molecular flexibility index (Phi) is 5.57. The minimum atomic E-state index is 0.494. The number of aromatic nitrogens is 2. The van der Waals surface area contributed by atoms with E-state index in [2.05, 4.69) is 29.2 Å². The van der Waals surface area contributed by atoms with Crippen LogP contribution in [0.3, 0.4) is 0 Å². The van der Waals surface area contributed by atoms with Gasteiger partial charge in [0, 0.05) is 45.1 Å². The number of nitrogens with one attached hydrogen (secondary N) is 1. The highest BCUT2D eigenvalue weighted by Gasteiger charge is 2.35. The zero-order valence-electron chi connectivity index (χ0n) is 14.6. The van der Waals surface area contributed by atoms with Gasteiger partial charge in [0.05, 0.1) is 0 Å². The average Bonchev–Trinajstić information content (AvgIpc) is 3.20. The lowest BCUT2D eigenvalue weighted by Crippen LogP contribution is -2.40. The van der Waals surface area contributed by atoms with Crippen molar-refractivity contribution < 1.29 is 0 Å². The molecular formula is C18H31N5. The van der Waals surface area contributed by atoms with Crippen LogP contribution in [0.25, 0.3) is 0 Å². The van der Waals surface area contributed by atoms with Crippen LogP contribution >= 0.6 is 0 Å². The van der Waals surface area contributed by atoms with Crippen molar-refractivity contribution in [1.82, 2.24) is 20.0 Å². The van der Waals surface area contributed by atoms with Gasteiger partial charge in [0.25, 0.3) is 0 Å². The summed E-state index contributed by atoms with van der Waals surface area (Å²) in [6, 6.07) is 1.98. The third kappa shape index (κ3) is 4.27. The molecule has 23 heavy (non-hydrogen) atoms. The van der Waals surface area contributed by atoms with Gasteiger partial charge in [0.1, 0.15) is 0 Å². The van der Waals surface area contributed by atoms with Gasteiger partial charge < -0.3 is 10.2 Å². The van der Waals surface area contributed by atoms with Crippen LogP contribution in [-0.4, -0.2) is 46.8 Å². The highest BCUT2D eigenvalue weighted by molar-refractivity contribution is 5.80. The number of hydrogen-bond acceptors (Lipinski definition) is 2. The average molecular weight is 317 g/mol. The third-order valence-corrected chi connectivity index (χ3v) is 5.22. The van der Waals surface area contributed by atoms with Crippen molar-refractivity contribution in [2.24, 2.45) is 22.7 Å². The van der Waals surface area contributed by atoms with Gasteiger partial charge in [-0.15, -0.1) is 0 Å². The summed E-state index contributed by atoms with van der Waals surface area (Å²) in [6.45, 7) is 9.53. The van der Waals surface area contributed by atoms with Crippen LogP contribution in [0.2, 0.25) is 0 Å². The monoisotopic (exact) mass is 317 g/mol. The molecule has 0 spiro atoms. The van der Waals surface area contributed by atoms with E-state index in [-0.39, 0.29) is 0 Å². The van der Waals surface area contributed by atoms with Gasteiger partial charge in [-0.1, -0.05) is 19.8 Å². The minimum absolute atomic E-state index is 0.494. The lowest BCUT2D eigenvalue weighted by Gasteiger charge is -2.22. The molecule has 0 aromatic carbocycles. The summed E-state index contributed by atoms with van der Waals surface area (Å²) in [7, 11) is 0. The molecule has 2 heterocycles. The number of fused-ring (bicyclic) bond motifs is 1. The van der Waals surface area contributed by atoms with Crippen LogP contribution in [0.1, 0.15) is 39.5 Å². The van der Waals surface area contributed by atoms with E-state index in [1.54, 1.807) is 0 Å². The normalized spacial score (nSPS) is 26.2. The summed E-state index contributed by atoms with van der Waals surface area (Å²) in [4.78, 5) is 7.43. The fraction of sp³-hybridized carbons (Fsp3) is 0.778. The van der Waals surface area contributed by atoms with Crippen LogP contribution in [0.15, 0.2) is 23.5 Å². The first-order valence-corrected chi connectivity index (χ1v) is 9.27. The lowest BCUT2D eigenvalue weighted by atomic mass is 9.82. The van der Waals surface area contributed by atoms with Crippen LogP contribution in [-0.2, 0) is 6.54 Å². The second-order valence-corrected chi connectivity index (χ2v) is 7.24. The molecule has 1 aliphatic heterocycles. The number of rotatable bonds is 5. The third-order valence-electron chi connectivity index (χ3n) is 5.22. The molecule has 1 aromatic heterocycles. The smallest absolute Gasteiger partial charge is 0.193 e. The Morgan fingerprint density at radius 3 is 2.65 bits per heavy atom. The first-order chi connectivity index (χ1) is 11.3. The topological polar surface area (TPSA) is 45.5 Å². The maximum atomic E-state index is 4.92. The predicted octanol–water partition coefficient (Wildman–Crippen LogP) is 2.61. The predicted molar refractivity (Wildman–Crippen MR) is 94.4 cm³/mol. The molecule has 1 N–H and O–H groups in total. The maximum Gasteiger partial charge on any atom is 0.193 e. The van der Waals surface area contributed by atoms with Crippen molar-refractivity contribution in [3.8, 4) is 0 Å². The number of guanidine groups is 1. The Morgan fingerprint density at radius 1 is 1.30 bits per heavy atom. The Balaban J connectivity index is 1.57. The van der Waals surface area contributed by atoms with Crippen LogP contribution in [0.4, 0.5) is 0 Å². The molecule has 5 heteroatoms. The molecule has 2 fully saturated rings. The van der Waals surface area contributed by atoms with E-state index >= 15 is 0 Å². The number of aliphatic imine (C=N–C) groups is 1. The fourth-order valence-electron chi connectivity index (χ4n) is 4.03. The summed E-state index contributed by atoms with van der Waals surface area (Å²) in [5.74, 6) is 3.41. The van der Waals surface area contributed by atoms with E-state index < -0.39 is 0 Å². The van der Waals surface area contributed by atoms with Gasteiger partial charge in [-0.3, -0.25) is 9.67 Å². The summed E-state index contributed by atoms with van der Waals surface area (Å²) in [5, 5.41) is 7.79. The molecular weight excluding hydrogens is 286 g/mol. The van der Waals surface area contributed by atoms with E-state index in [1.165, 1.54) is 38.8 Å². The Hall–Kier alpha value is -1.52. The highest BCUT2D eigenvalue weighted by Crippen LogP contribution is 2.35. The second kappa shape index (κ2) is 7.84. The standard InChI is InChI=1S/C18H31N5/c1-3-19-18(20-11-15(2)12-23-10-6-9-21-23)22-13-16-7-4-5-8-17(16)14-22/h6,9-10,15-17H,3-5,7-8,11-14H2,1-2H3,(H,19,20). The van der Waals surface area contributed by atoms with Gasteiger partial charge in [0.2, 0.25) is 0 Å². The molecule has 0 radical (unpaired) electrons. The van der Waals surface area contributed by atoms with Gasteiger partial charge in [-0.2, -0.15) is 5.10 Å². The van der Waals surface area contributed by atoms with Gasteiger partial charge in [-0.25, -0.2) is 0 Å². The largest absolute Gasteiger partial charge is 0.357 e. The zero-order chi connectivity index (χ0) is 16.1. The molecule has 3 rings (SSSR count). The van der Waals surface area contributed by atoms with Crippen molar-refractivity contribution in [1.29, 1.82) is 0 Å². The molecule has 0 amide bonds. The summed E-state index contributed by atoms with van der Waals surface area (Å²) < 4.78 is 2.00. The van der Waals surface area contributed by atoms with Crippen molar-refractivity contribution in [3.05, 3.63) is 18.5 Å². The number of hydrogen-bond donors (Lipinski definition) is 1. The van der Waals surface area contributed by atoms with E-state index in [0.717, 1.165) is 37.4 Å². The zero-order valence-corrected chi connectivity index (χ0v) is 14.6. The van der Waals surface area contributed by atoms with E-state index in [4.69, 9.17) is 4.99 Å². The Morgan fingerprint density at radius 2 is 2.04 bits per heavy atom. The maximum absolute atomic E-state index is 4.92. The molecule has 1 aliphatic carbocycles. The molecule has 5 nitrogen and oxygen atoms in total. The Bertz CT molecular complexity index is 482. The fourth-order valence-corrected chi connectivity index (χ4v) is 4.03. The molecule has 1 aromatic rings. The molecule has 1 saturated carbocycles. The van der Waals surface area contributed by atoms with E-state index in [0.29, 0.717) is 5.92 Å². The minimum Gasteiger partial charge on any atom is -0.357 e. The first-order valence-electron chi connectivity index (χ1n) is 9.27. The number of nitrogens with zero attached hydrogens (tertiary/aromatic N) is 4. The van der Waals surface area contributed by atoms with Crippen molar-refractivity contribution in [3.63, 3.8) is 0 Å². The molecule has 128 valence electrons. The van der Waals surface area contributed by atoms with Crippen LogP contribution in [0.5, 0.6) is 0 Å². The molecule has 3 unspecified atom stereocenters. The van der Waals surface area contributed by atoms with E-state index in [1.807, 2.05) is 23.1 Å². The summed E-state index contributed by atoms with van der Waals surface area (Å²) in [5.41, 5.74) is 0. The Labute approximate surface area is 140 Å². The van der Waals surface area contributed by atoms with E-state index in [9.17, 15) is 0 Å². The summed E-state index contributed by atoms with van der Waals surface area (Å²) >= 11 is 0. The van der Waals surface area contributed by atoms with Crippen LogP contribution in [0, 0.1) is 17.8 Å². The van der Waals surface area contributed by atoms with Gasteiger partial charge in [-0.05, 0) is 43.6 Å². The molecule has 0 bridgehead atoms. The second-order valence-electron chi connectivity index (χ2n) is 7.24. The number of likely N-dealkylation sites (tertiary alicyclic amines) is 1. The SMILES string of the molecule is CCNC(=NCC(C)Cn1cccn1)N1CC2CCCCC2C1. The van der Waals surface area contributed by atoms with Crippen molar-refractivity contribution in [2.75, 3.05) is 26.2 Å².